The molecule has 0 amide bonds. The highest BCUT2D eigenvalue weighted by Gasteiger charge is 2.35. The second kappa shape index (κ2) is 9.98. The van der Waals surface area contributed by atoms with E-state index in [0.717, 1.165) is 0 Å². The molecule has 0 saturated carbocycles. The fourth-order valence-corrected chi connectivity index (χ4v) is 4.55. The maximum atomic E-state index is 12.5. The van der Waals surface area contributed by atoms with E-state index in [1.165, 1.54) is 0 Å². The molecule has 0 aliphatic carbocycles. The van der Waals surface area contributed by atoms with Gasteiger partial charge >= 0.3 is 15.6 Å². The van der Waals surface area contributed by atoms with Crippen LogP contribution in [0.25, 0.3) is 0 Å². The van der Waals surface area contributed by atoms with Gasteiger partial charge in [0.2, 0.25) is 6.29 Å². The molecule has 1 aliphatic heterocycles. The van der Waals surface area contributed by atoms with Crippen molar-refractivity contribution in [2.45, 2.75) is 27.1 Å². The first kappa shape index (κ1) is 19.1. The summed E-state index contributed by atoms with van der Waals surface area (Å²) >= 11 is 0. The maximum Gasteiger partial charge on any atom is 0.524 e. The van der Waals surface area contributed by atoms with Crippen LogP contribution in [0.3, 0.4) is 0 Å². The van der Waals surface area contributed by atoms with Crippen LogP contribution in [-0.2, 0) is 32.2 Å². The minimum atomic E-state index is -3.26. The number of nitrogens with zero attached hydrogens (tertiary/aromatic N) is 1. The number of hydrogen-bond acceptors (Lipinski definition) is 8. The third kappa shape index (κ3) is 7.26. The molecule has 0 spiro atoms. The number of hydrogen-bond donors (Lipinski definition) is 0. The van der Waals surface area contributed by atoms with Crippen LogP contribution in [0, 0.1) is 0 Å². The van der Waals surface area contributed by atoms with Gasteiger partial charge in [-0.25, -0.2) is 4.90 Å². The van der Waals surface area contributed by atoms with Crippen LogP contribution in [0.15, 0.2) is 0 Å². The van der Waals surface area contributed by atoms with E-state index in [2.05, 4.69) is 0 Å². The van der Waals surface area contributed by atoms with Gasteiger partial charge in [0, 0.05) is 0 Å². The van der Waals surface area contributed by atoms with Gasteiger partial charge in [-0.15, -0.1) is 4.52 Å². The fraction of sp³-hybridized carbons (Fsp3) is 1.00. The predicted octanol–water partition coefficient (Wildman–Crippen LogP) is 2.58. The SMILES string of the molecule is CCO[P+](=O)CN(CC1OCO1)CP(=O)(OCC)OCC. The highest BCUT2D eigenvalue weighted by Crippen LogP contribution is 2.49. The van der Waals surface area contributed by atoms with E-state index in [-0.39, 0.29) is 32.6 Å². The van der Waals surface area contributed by atoms with Crippen LogP contribution < -0.4 is 0 Å². The summed E-state index contributed by atoms with van der Waals surface area (Å²) in [5.41, 5.74) is 0. The van der Waals surface area contributed by atoms with Gasteiger partial charge < -0.3 is 18.5 Å². The summed E-state index contributed by atoms with van der Waals surface area (Å²) in [4.78, 5) is 1.67. The first-order valence-corrected chi connectivity index (χ1v) is 10.0. The monoisotopic (exact) mass is 344 g/mol. The molecule has 0 aromatic heterocycles. The average molecular weight is 344 g/mol. The average Bonchev–Trinajstić information content (AvgIpc) is 2.34. The van der Waals surface area contributed by atoms with Crippen molar-refractivity contribution in [1.29, 1.82) is 0 Å². The molecule has 0 bridgehead atoms. The Bertz CT molecular complexity index is 354. The summed E-state index contributed by atoms with van der Waals surface area (Å²) in [6, 6.07) is 0. The summed E-state index contributed by atoms with van der Waals surface area (Å²) in [7, 11) is -5.13. The highest BCUT2D eigenvalue weighted by atomic mass is 31.2. The first-order valence-electron chi connectivity index (χ1n) is 6.94. The van der Waals surface area contributed by atoms with E-state index in [4.69, 9.17) is 23.0 Å². The van der Waals surface area contributed by atoms with Gasteiger partial charge in [0.1, 0.15) is 6.29 Å². The van der Waals surface area contributed by atoms with E-state index < -0.39 is 21.9 Å². The van der Waals surface area contributed by atoms with Crippen LogP contribution in [0.1, 0.15) is 20.8 Å². The molecule has 21 heavy (non-hydrogen) atoms. The van der Waals surface area contributed by atoms with Crippen molar-refractivity contribution < 1.29 is 32.2 Å². The minimum Gasteiger partial charge on any atom is -0.325 e. The van der Waals surface area contributed by atoms with Crippen molar-refractivity contribution >= 4 is 15.6 Å². The lowest BCUT2D eigenvalue weighted by molar-refractivity contribution is -0.322. The molecular weight excluding hydrogens is 320 g/mol. The largest absolute Gasteiger partial charge is 0.524 e. The van der Waals surface area contributed by atoms with Gasteiger partial charge in [-0.3, -0.25) is 4.57 Å². The van der Waals surface area contributed by atoms with Crippen LogP contribution in [0.2, 0.25) is 0 Å². The van der Waals surface area contributed by atoms with Gasteiger partial charge in [0.15, 0.2) is 13.1 Å². The summed E-state index contributed by atoms with van der Waals surface area (Å²) in [5, 5.41) is 0. The molecule has 0 N–H and O–H groups in total. The summed E-state index contributed by atoms with van der Waals surface area (Å²) in [5.74, 6) is 0. The molecule has 1 rings (SSSR count). The Morgan fingerprint density at radius 3 is 2.24 bits per heavy atom. The molecule has 0 aromatic rings. The van der Waals surface area contributed by atoms with Crippen LogP contribution >= 0.6 is 15.6 Å². The molecule has 1 fully saturated rings. The Morgan fingerprint density at radius 1 is 1.19 bits per heavy atom. The minimum absolute atomic E-state index is 0.0199. The molecule has 8 nitrogen and oxygen atoms in total. The zero-order valence-corrected chi connectivity index (χ0v) is 14.5. The van der Waals surface area contributed by atoms with E-state index in [1.807, 2.05) is 0 Å². The molecule has 1 saturated heterocycles. The van der Waals surface area contributed by atoms with Gasteiger partial charge in [0.25, 0.3) is 0 Å². The van der Waals surface area contributed by atoms with Crippen molar-refractivity contribution in [2.24, 2.45) is 0 Å². The lowest BCUT2D eigenvalue weighted by Crippen LogP contribution is -2.42. The number of rotatable bonds is 12. The second-order valence-corrected chi connectivity index (χ2v) is 7.44. The predicted molar refractivity (Wildman–Crippen MR) is 77.4 cm³/mol. The standard InChI is InChI=1S/C11H24NO7P2/c1-4-17-20(13)8-12(7-11-15-10-16-11)9-21(14,18-5-2)19-6-3/h11H,4-10H2,1-3H3/q+1. The van der Waals surface area contributed by atoms with E-state index in [9.17, 15) is 9.13 Å². The van der Waals surface area contributed by atoms with Gasteiger partial charge in [-0.05, 0) is 25.3 Å². The normalized spacial score (nSPS) is 17.0. The second-order valence-electron chi connectivity index (χ2n) is 4.21. The Morgan fingerprint density at radius 2 is 1.81 bits per heavy atom. The third-order valence-corrected chi connectivity index (χ3v) is 5.76. The maximum absolute atomic E-state index is 12.5. The lowest BCUT2D eigenvalue weighted by Gasteiger charge is -2.31. The molecule has 0 aromatic carbocycles. The molecule has 1 unspecified atom stereocenters. The van der Waals surface area contributed by atoms with Gasteiger partial charge in [-0.2, -0.15) is 0 Å². The zero-order valence-electron chi connectivity index (χ0n) is 12.7. The quantitative estimate of drug-likeness (QED) is 0.500. The summed E-state index contributed by atoms with van der Waals surface area (Å²) in [6.07, 6.45) is -0.269. The summed E-state index contributed by atoms with van der Waals surface area (Å²) < 4.78 is 50.2. The van der Waals surface area contributed by atoms with Crippen molar-refractivity contribution in [1.82, 2.24) is 4.90 Å². The van der Waals surface area contributed by atoms with Crippen molar-refractivity contribution in [3.05, 3.63) is 0 Å². The molecule has 1 heterocycles. The molecule has 0 radical (unpaired) electrons. The summed E-state index contributed by atoms with van der Waals surface area (Å²) in [6.45, 7) is 6.74. The Labute approximate surface area is 126 Å². The Kier molecular flexibility index (Phi) is 9.09. The Hall–Kier alpha value is 0.0900. The first-order chi connectivity index (χ1) is 10.0. The molecule has 10 heteroatoms. The van der Waals surface area contributed by atoms with Crippen LogP contribution in [0.4, 0.5) is 0 Å². The highest BCUT2D eigenvalue weighted by molar-refractivity contribution is 7.53. The lowest BCUT2D eigenvalue weighted by atomic mass is 10.5. The number of ether oxygens (including phenoxy) is 2. The van der Waals surface area contributed by atoms with Crippen LogP contribution in [0.5, 0.6) is 0 Å². The smallest absolute Gasteiger partial charge is 0.325 e. The van der Waals surface area contributed by atoms with E-state index in [1.54, 1.807) is 25.7 Å². The van der Waals surface area contributed by atoms with Gasteiger partial charge in [0.05, 0.1) is 26.4 Å². The van der Waals surface area contributed by atoms with Crippen LogP contribution in [-0.4, -0.2) is 56.9 Å². The molecule has 124 valence electrons. The van der Waals surface area contributed by atoms with E-state index in [0.29, 0.717) is 13.2 Å². The molecular formula is C11H24NO7P2+. The fourth-order valence-electron chi connectivity index (χ4n) is 1.75. The van der Waals surface area contributed by atoms with Crippen molar-refractivity contribution in [3.63, 3.8) is 0 Å². The Balaban J connectivity index is 2.63. The zero-order chi connectivity index (χ0) is 15.7. The topological polar surface area (TPSA) is 83.5 Å². The van der Waals surface area contributed by atoms with Crippen molar-refractivity contribution in [3.8, 4) is 0 Å². The van der Waals surface area contributed by atoms with E-state index >= 15 is 0 Å². The van der Waals surface area contributed by atoms with Gasteiger partial charge in [-0.1, -0.05) is 0 Å². The molecule has 1 atom stereocenters. The van der Waals surface area contributed by atoms with Crippen molar-refractivity contribution in [2.75, 3.05) is 45.7 Å². The molecule has 1 aliphatic rings. The third-order valence-electron chi connectivity index (χ3n) is 2.53.